The van der Waals surface area contributed by atoms with Crippen molar-refractivity contribution in [3.63, 3.8) is 0 Å². The highest BCUT2D eigenvalue weighted by atomic mass is 15.0. The van der Waals surface area contributed by atoms with Gasteiger partial charge >= 0.3 is 0 Å². The largest absolute Gasteiger partial charge is 0.309 e. The molecular weight excluding hydrogens is 669 g/mol. The standard InChI is InChI=1S/C51H34N4/c1-5-16-35(17-6-1)36-28-30-38(31-29-36)44-34-41(51-53-49(39-20-9-3-10-21-39)52-50(54-51)40-22-11-4-12-23-40)32-33-46(44)55-45-26-14-13-24-43(45)48-42(25-15-27-47(48)55)37-18-7-2-8-19-37/h1-34H/i2D,7D,8D,13D,14D,15D,18D,19D,24D,25D,26D,27D. The zero-order valence-electron chi connectivity index (χ0n) is 41.0. The zero-order valence-corrected chi connectivity index (χ0v) is 29.0. The number of nitrogens with zero attached hydrogens (tertiary/aromatic N) is 4. The minimum absolute atomic E-state index is 0.110. The molecule has 2 aromatic heterocycles. The van der Waals surface area contributed by atoms with E-state index in [9.17, 15) is 5.48 Å². The number of benzene rings is 8. The number of para-hydroxylation sites is 1. The van der Waals surface area contributed by atoms with E-state index in [4.69, 9.17) is 25.9 Å². The number of rotatable bonds is 7. The molecule has 0 N–H and O–H groups in total. The fourth-order valence-corrected chi connectivity index (χ4v) is 6.89. The second-order valence-electron chi connectivity index (χ2n) is 12.7. The predicted octanol–water partition coefficient (Wildman–Crippen LogP) is 13.0. The molecule has 10 aromatic rings. The van der Waals surface area contributed by atoms with Crippen LogP contribution < -0.4 is 0 Å². The van der Waals surface area contributed by atoms with Crippen LogP contribution in [-0.4, -0.2) is 19.5 Å². The van der Waals surface area contributed by atoms with Crippen LogP contribution in [0.5, 0.6) is 0 Å². The van der Waals surface area contributed by atoms with Crippen LogP contribution in [0.3, 0.4) is 0 Å². The van der Waals surface area contributed by atoms with Crippen LogP contribution in [0.4, 0.5) is 0 Å². The molecule has 258 valence electrons. The zero-order chi connectivity index (χ0) is 47.0. The van der Waals surface area contributed by atoms with E-state index in [1.165, 1.54) is 4.57 Å². The van der Waals surface area contributed by atoms with Gasteiger partial charge in [0.25, 0.3) is 0 Å². The summed E-state index contributed by atoms with van der Waals surface area (Å²) in [5, 5.41) is -0.296. The van der Waals surface area contributed by atoms with Crippen molar-refractivity contribution in [2.24, 2.45) is 0 Å². The minimum Gasteiger partial charge on any atom is -0.309 e. The summed E-state index contributed by atoms with van der Waals surface area (Å²) >= 11 is 0. The Bertz CT molecular complexity index is 3550. The smallest absolute Gasteiger partial charge is 0.164 e. The molecule has 0 aliphatic rings. The molecule has 0 aliphatic heterocycles. The summed E-state index contributed by atoms with van der Waals surface area (Å²) in [4.78, 5) is 14.8. The predicted molar refractivity (Wildman–Crippen MR) is 227 cm³/mol. The minimum atomic E-state index is -0.698. The van der Waals surface area contributed by atoms with E-state index in [0.717, 1.165) is 22.3 Å². The van der Waals surface area contributed by atoms with Gasteiger partial charge in [-0.15, -0.1) is 0 Å². The van der Waals surface area contributed by atoms with Gasteiger partial charge in [0.1, 0.15) is 0 Å². The average Bonchev–Trinajstić information content (AvgIpc) is 3.73. The Morgan fingerprint density at radius 3 is 1.53 bits per heavy atom. The molecule has 0 radical (unpaired) electrons. The Kier molecular flexibility index (Phi) is 5.52. The van der Waals surface area contributed by atoms with E-state index < -0.39 is 78.1 Å². The SMILES string of the molecule is [2H]c1c([2H])c([2H])c(-c2c([2H])c([2H])c([2H])c3c2c2c([2H])c([2H])c([2H])c([2H])c2n3-c2ccc(-c3nc(-c4ccccc4)nc(-c4ccccc4)n3)cc2-c2ccc(-c3ccccc3)cc2)c([2H])c1[2H]. The molecule has 0 aliphatic carbocycles. The summed E-state index contributed by atoms with van der Waals surface area (Å²) in [5.41, 5.74) is 4.40. The first-order valence-electron chi connectivity index (χ1n) is 23.6. The van der Waals surface area contributed by atoms with E-state index in [0.29, 0.717) is 39.9 Å². The molecule has 0 saturated heterocycles. The topological polar surface area (TPSA) is 43.6 Å². The third-order valence-corrected chi connectivity index (χ3v) is 9.47. The number of hydrogen-bond acceptors (Lipinski definition) is 3. The first kappa shape index (κ1) is 21.9. The van der Waals surface area contributed by atoms with Crippen LogP contribution in [0.1, 0.15) is 16.4 Å². The van der Waals surface area contributed by atoms with Gasteiger partial charge in [-0.25, -0.2) is 15.0 Å². The molecule has 10 rings (SSSR count). The van der Waals surface area contributed by atoms with Crippen molar-refractivity contribution in [2.75, 3.05) is 0 Å². The van der Waals surface area contributed by atoms with E-state index in [-0.39, 0.29) is 27.4 Å². The maximum Gasteiger partial charge on any atom is 0.164 e. The van der Waals surface area contributed by atoms with Gasteiger partial charge < -0.3 is 4.57 Å². The lowest BCUT2D eigenvalue weighted by Crippen LogP contribution is -2.02. The van der Waals surface area contributed by atoms with Crippen LogP contribution in [-0.2, 0) is 0 Å². The molecule has 0 saturated carbocycles. The van der Waals surface area contributed by atoms with Gasteiger partial charge in [-0.3, -0.25) is 0 Å². The summed E-state index contributed by atoms with van der Waals surface area (Å²) in [6, 6.07) is 34.3. The lowest BCUT2D eigenvalue weighted by atomic mass is 9.97. The summed E-state index contributed by atoms with van der Waals surface area (Å²) in [7, 11) is 0. The lowest BCUT2D eigenvalue weighted by molar-refractivity contribution is 1.07. The van der Waals surface area contributed by atoms with Gasteiger partial charge in [0, 0.05) is 33.0 Å². The van der Waals surface area contributed by atoms with Crippen molar-refractivity contribution in [3.05, 3.63) is 206 Å². The molecule has 0 spiro atoms. The second kappa shape index (κ2) is 13.8. The van der Waals surface area contributed by atoms with Crippen LogP contribution in [0.15, 0.2) is 206 Å². The van der Waals surface area contributed by atoms with Crippen molar-refractivity contribution in [3.8, 4) is 73.2 Å². The number of fused-ring (bicyclic) bond motifs is 3. The number of hydrogen-bond donors (Lipinski definition) is 0. The molecule has 0 unspecified atom stereocenters. The highest BCUT2D eigenvalue weighted by molar-refractivity contribution is 6.16. The van der Waals surface area contributed by atoms with Crippen LogP contribution >= 0.6 is 0 Å². The highest BCUT2D eigenvalue weighted by Crippen LogP contribution is 2.42. The van der Waals surface area contributed by atoms with Gasteiger partial charge in [0.15, 0.2) is 17.5 Å². The van der Waals surface area contributed by atoms with Gasteiger partial charge in [-0.2, -0.15) is 0 Å². The summed E-state index contributed by atoms with van der Waals surface area (Å²) in [6.07, 6.45) is 0. The van der Waals surface area contributed by atoms with Gasteiger partial charge in [0.2, 0.25) is 0 Å². The first-order chi connectivity index (χ1) is 32.3. The summed E-state index contributed by atoms with van der Waals surface area (Å²) in [6.45, 7) is 0. The Hall–Kier alpha value is -7.43. The maximum atomic E-state index is 9.50. The summed E-state index contributed by atoms with van der Waals surface area (Å²) < 4.78 is 109. The number of aromatic nitrogens is 4. The molecule has 55 heavy (non-hydrogen) atoms. The van der Waals surface area contributed by atoms with Crippen molar-refractivity contribution < 1.29 is 16.4 Å². The van der Waals surface area contributed by atoms with Crippen LogP contribution in [0.2, 0.25) is 0 Å². The van der Waals surface area contributed by atoms with Crippen molar-refractivity contribution in [1.29, 1.82) is 0 Å². The quantitative estimate of drug-likeness (QED) is 0.165. The van der Waals surface area contributed by atoms with E-state index >= 15 is 0 Å². The Morgan fingerprint density at radius 1 is 0.364 bits per heavy atom. The molecular formula is C51H34N4. The van der Waals surface area contributed by atoms with Gasteiger partial charge in [-0.05, 0) is 58.1 Å². The Labute approximate surface area is 336 Å². The van der Waals surface area contributed by atoms with E-state index in [2.05, 4.69) is 0 Å². The third kappa shape index (κ3) is 5.96. The Balaban J connectivity index is 1.34. The third-order valence-electron chi connectivity index (χ3n) is 9.47. The van der Waals surface area contributed by atoms with E-state index in [1.54, 1.807) is 12.1 Å². The lowest BCUT2D eigenvalue weighted by Gasteiger charge is -2.17. The van der Waals surface area contributed by atoms with E-state index in [1.807, 2.05) is 121 Å². The Morgan fingerprint density at radius 2 is 0.873 bits per heavy atom. The highest BCUT2D eigenvalue weighted by Gasteiger charge is 2.20. The van der Waals surface area contributed by atoms with Crippen LogP contribution in [0.25, 0.3) is 95.0 Å². The first-order valence-corrected chi connectivity index (χ1v) is 17.6. The van der Waals surface area contributed by atoms with Crippen molar-refractivity contribution >= 4 is 21.8 Å². The molecule has 0 fully saturated rings. The maximum absolute atomic E-state index is 9.50. The molecule has 8 aromatic carbocycles. The fourth-order valence-electron chi connectivity index (χ4n) is 6.89. The van der Waals surface area contributed by atoms with Gasteiger partial charge in [-0.1, -0.05) is 176 Å². The summed E-state index contributed by atoms with van der Waals surface area (Å²) in [5.74, 6) is 1.17. The molecule has 2 heterocycles. The molecule has 4 nitrogen and oxygen atoms in total. The molecule has 0 atom stereocenters. The fraction of sp³-hybridized carbons (Fsp3) is 0. The average molecular weight is 715 g/mol. The second-order valence-corrected chi connectivity index (χ2v) is 12.7. The van der Waals surface area contributed by atoms with Crippen molar-refractivity contribution in [2.45, 2.75) is 0 Å². The molecule has 0 bridgehead atoms. The van der Waals surface area contributed by atoms with Crippen LogP contribution in [0, 0.1) is 0 Å². The van der Waals surface area contributed by atoms with Crippen molar-refractivity contribution in [1.82, 2.24) is 19.5 Å². The monoisotopic (exact) mass is 714 g/mol. The normalized spacial score (nSPS) is 14.3. The van der Waals surface area contributed by atoms with Gasteiger partial charge in [0.05, 0.1) is 33.2 Å². The molecule has 0 amide bonds. The molecule has 4 heteroatoms.